The molecule has 2 amide bonds. The van der Waals surface area contributed by atoms with E-state index in [0.717, 1.165) is 5.75 Å². The number of carbonyl (C=O) groups is 1. The van der Waals surface area contributed by atoms with Crippen molar-refractivity contribution in [2.45, 2.75) is 38.6 Å². The molecule has 0 radical (unpaired) electrons. The van der Waals surface area contributed by atoms with Gasteiger partial charge in [-0.25, -0.2) is 13.2 Å². The number of carbonyl (C=O) groups excluding carboxylic acids is 1. The van der Waals surface area contributed by atoms with E-state index in [0.29, 0.717) is 19.6 Å². The van der Waals surface area contributed by atoms with Gasteiger partial charge in [-0.3, -0.25) is 0 Å². The molecule has 1 aliphatic rings. The Morgan fingerprint density at radius 3 is 2.44 bits per heavy atom. The third-order valence-corrected chi connectivity index (χ3v) is 6.19. The number of ether oxygens (including phenoxy) is 1. The summed E-state index contributed by atoms with van der Waals surface area (Å²) in [5, 5.41) is 2.76. The van der Waals surface area contributed by atoms with E-state index in [1.54, 1.807) is 7.05 Å². The van der Waals surface area contributed by atoms with Gasteiger partial charge in [-0.15, -0.1) is 0 Å². The minimum Gasteiger partial charge on any atom is -0.492 e. The van der Waals surface area contributed by atoms with Crippen LogP contribution in [-0.2, 0) is 15.3 Å². The van der Waals surface area contributed by atoms with Crippen LogP contribution in [0.25, 0.3) is 0 Å². The van der Waals surface area contributed by atoms with E-state index in [-0.39, 0.29) is 29.0 Å². The Bertz CT molecular complexity index is 693. The van der Waals surface area contributed by atoms with Crippen molar-refractivity contribution in [2.24, 2.45) is 0 Å². The topological polar surface area (TPSA) is 75.7 Å². The highest BCUT2D eigenvalue weighted by molar-refractivity contribution is 7.91. The number of benzene rings is 1. The summed E-state index contributed by atoms with van der Waals surface area (Å²) in [6, 6.07) is 7.44. The molecule has 1 N–H and O–H groups in total. The molecule has 0 spiro atoms. The molecule has 0 aliphatic carbocycles. The van der Waals surface area contributed by atoms with Gasteiger partial charge in [-0.2, -0.15) is 0 Å². The largest absolute Gasteiger partial charge is 0.492 e. The third-order valence-electron chi connectivity index (χ3n) is 4.44. The van der Waals surface area contributed by atoms with Gasteiger partial charge in [0.15, 0.2) is 9.84 Å². The first-order valence-electron chi connectivity index (χ1n) is 8.53. The van der Waals surface area contributed by atoms with Crippen LogP contribution in [0.2, 0.25) is 0 Å². The average molecular weight is 368 g/mol. The summed E-state index contributed by atoms with van der Waals surface area (Å²) >= 11 is 0. The zero-order chi connectivity index (χ0) is 18.7. The lowest BCUT2D eigenvalue weighted by atomic mass is 9.87. The van der Waals surface area contributed by atoms with E-state index >= 15 is 0 Å². The highest BCUT2D eigenvalue weighted by Gasteiger charge is 2.32. The third kappa shape index (κ3) is 5.63. The number of amides is 2. The molecule has 1 aromatic carbocycles. The fraction of sp³-hybridized carbons (Fsp3) is 0.611. The van der Waals surface area contributed by atoms with Crippen LogP contribution in [0.4, 0.5) is 4.79 Å². The van der Waals surface area contributed by atoms with Crippen molar-refractivity contribution in [1.29, 1.82) is 0 Å². The first kappa shape index (κ1) is 19.6. The molecule has 1 aromatic rings. The molecule has 7 heteroatoms. The minimum absolute atomic E-state index is 0.0492. The van der Waals surface area contributed by atoms with Gasteiger partial charge in [0.25, 0.3) is 0 Å². The van der Waals surface area contributed by atoms with Crippen molar-refractivity contribution in [2.75, 3.05) is 31.7 Å². The Morgan fingerprint density at radius 1 is 1.28 bits per heavy atom. The fourth-order valence-corrected chi connectivity index (χ4v) is 4.52. The number of sulfone groups is 1. The van der Waals surface area contributed by atoms with Gasteiger partial charge in [0.05, 0.1) is 18.1 Å². The van der Waals surface area contributed by atoms with Crippen LogP contribution in [0, 0.1) is 0 Å². The lowest BCUT2D eigenvalue weighted by Gasteiger charge is -2.23. The van der Waals surface area contributed by atoms with Crippen LogP contribution >= 0.6 is 0 Å². The van der Waals surface area contributed by atoms with Crippen molar-refractivity contribution in [3.05, 3.63) is 29.8 Å². The molecule has 1 atom stereocenters. The Morgan fingerprint density at radius 2 is 1.92 bits per heavy atom. The number of urea groups is 1. The summed E-state index contributed by atoms with van der Waals surface area (Å²) in [6.45, 7) is 7.19. The average Bonchev–Trinajstić information content (AvgIpc) is 2.90. The Balaban J connectivity index is 1.73. The predicted molar refractivity (Wildman–Crippen MR) is 98.9 cm³/mol. The molecule has 1 aliphatic heterocycles. The maximum atomic E-state index is 12.1. The van der Waals surface area contributed by atoms with Gasteiger partial charge in [-0.05, 0) is 29.5 Å². The van der Waals surface area contributed by atoms with E-state index in [1.807, 2.05) is 24.3 Å². The number of hydrogen-bond donors (Lipinski definition) is 1. The number of nitrogens with zero attached hydrogens (tertiary/aromatic N) is 1. The number of hydrogen-bond acceptors (Lipinski definition) is 4. The van der Waals surface area contributed by atoms with E-state index in [1.165, 1.54) is 10.5 Å². The molecule has 25 heavy (non-hydrogen) atoms. The van der Waals surface area contributed by atoms with Gasteiger partial charge < -0.3 is 15.0 Å². The van der Waals surface area contributed by atoms with Crippen LogP contribution in [0.1, 0.15) is 32.8 Å². The van der Waals surface area contributed by atoms with Crippen molar-refractivity contribution >= 4 is 15.9 Å². The SMILES string of the molecule is CN(C(=O)NCCOc1ccc(C(C)(C)C)cc1)C1CCS(=O)(=O)C1. The quantitative estimate of drug-likeness (QED) is 0.809. The summed E-state index contributed by atoms with van der Waals surface area (Å²) in [7, 11) is -1.36. The molecule has 1 unspecified atom stereocenters. The second kappa shape index (κ2) is 7.64. The molecule has 6 nitrogen and oxygen atoms in total. The first-order valence-corrected chi connectivity index (χ1v) is 10.3. The second-order valence-electron chi connectivity index (χ2n) is 7.52. The van der Waals surface area contributed by atoms with Gasteiger partial charge in [0.2, 0.25) is 0 Å². The molecule has 2 rings (SSSR count). The summed E-state index contributed by atoms with van der Waals surface area (Å²) < 4.78 is 28.6. The zero-order valence-corrected chi connectivity index (χ0v) is 16.2. The Labute approximate surface area is 150 Å². The maximum absolute atomic E-state index is 12.1. The molecule has 1 fully saturated rings. The molecule has 140 valence electrons. The normalized spacial score (nSPS) is 19.4. The molecule has 1 saturated heterocycles. The fourth-order valence-electron chi connectivity index (χ4n) is 2.75. The van der Waals surface area contributed by atoms with Gasteiger partial charge in [-0.1, -0.05) is 32.9 Å². The van der Waals surface area contributed by atoms with E-state index < -0.39 is 9.84 Å². The van der Waals surface area contributed by atoms with Crippen LogP contribution in [0.3, 0.4) is 0 Å². The minimum atomic E-state index is -3.00. The summed E-state index contributed by atoms with van der Waals surface area (Å²) in [6.07, 6.45) is 0.503. The van der Waals surface area contributed by atoms with Gasteiger partial charge >= 0.3 is 6.03 Å². The van der Waals surface area contributed by atoms with E-state index in [4.69, 9.17) is 4.74 Å². The van der Waals surface area contributed by atoms with Gasteiger partial charge in [0.1, 0.15) is 12.4 Å². The maximum Gasteiger partial charge on any atom is 0.317 e. The highest BCUT2D eigenvalue weighted by atomic mass is 32.2. The summed E-state index contributed by atoms with van der Waals surface area (Å²) in [4.78, 5) is 13.5. The standard InChI is InChI=1S/C18H28N2O4S/c1-18(2,3)14-5-7-16(8-6-14)24-11-10-19-17(21)20(4)15-9-12-25(22,23)13-15/h5-8,15H,9-13H2,1-4H3,(H,19,21). The molecule has 0 saturated carbocycles. The molecular formula is C18H28N2O4S. The lowest BCUT2D eigenvalue weighted by molar-refractivity contribution is 0.192. The van der Waals surface area contributed by atoms with E-state index in [9.17, 15) is 13.2 Å². The number of rotatable bonds is 5. The van der Waals surface area contributed by atoms with Crippen molar-refractivity contribution in [3.63, 3.8) is 0 Å². The zero-order valence-electron chi connectivity index (χ0n) is 15.4. The monoisotopic (exact) mass is 368 g/mol. The second-order valence-corrected chi connectivity index (χ2v) is 9.75. The predicted octanol–water partition coefficient (Wildman–Crippen LogP) is 2.19. The summed E-state index contributed by atoms with van der Waals surface area (Å²) in [5.41, 5.74) is 1.34. The van der Waals surface area contributed by atoms with Crippen molar-refractivity contribution in [1.82, 2.24) is 10.2 Å². The van der Waals surface area contributed by atoms with Crippen LogP contribution < -0.4 is 10.1 Å². The molecule has 1 heterocycles. The highest BCUT2D eigenvalue weighted by Crippen LogP contribution is 2.24. The summed E-state index contributed by atoms with van der Waals surface area (Å²) in [5.74, 6) is 0.966. The lowest BCUT2D eigenvalue weighted by Crippen LogP contribution is -2.45. The van der Waals surface area contributed by atoms with Crippen molar-refractivity contribution in [3.8, 4) is 5.75 Å². The molecule has 0 aromatic heterocycles. The van der Waals surface area contributed by atoms with Gasteiger partial charge in [0, 0.05) is 13.1 Å². The molecular weight excluding hydrogens is 340 g/mol. The van der Waals surface area contributed by atoms with Crippen LogP contribution in [-0.4, -0.2) is 57.1 Å². The van der Waals surface area contributed by atoms with Crippen LogP contribution in [0.5, 0.6) is 5.75 Å². The van der Waals surface area contributed by atoms with Crippen molar-refractivity contribution < 1.29 is 17.9 Å². The van der Waals surface area contributed by atoms with E-state index in [2.05, 4.69) is 26.1 Å². The van der Waals surface area contributed by atoms with Crippen LogP contribution in [0.15, 0.2) is 24.3 Å². The Hall–Kier alpha value is -1.76. The number of nitrogens with one attached hydrogen (secondary N) is 1. The first-order chi connectivity index (χ1) is 11.6. The Kier molecular flexibility index (Phi) is 5.98. The smallest absolute Gasteiger partial charge is 0.317 e. The molecule has 0 bridgehead atoms.